The second kappa shape index (κ2) is 6.02. The SMILES string of the molecule is CC(C=O)=CC1C(C(=O)OCc2ccc(Cl)cc2)C1(C)C. The Bertz CT molecular complexity index is 572. The number of aldehydes is 1. The summed E-state index contributed by atoms with van der Waals surface area (Å²) in [5, 5.41) is 0.656. The van der Waals surface area contributed by atoms with Gasteiger partial charge < -0.3 is 4.74 Å². The first kappa shape index (κ1) is 15.8. The lowest BCUT2D eigenvalue weighted by Gasteiger charge is -2.06. The van der Waals surface area contributed by atoms with Gasteiger partial charge in [0.15, 0.2) is 0 Å². The first-order chi connectivity index (χ1) is 9.86. The zero-order chi connectivity index (χ0) is 15.6. The van der Waals surface area contributed by atoms with E-state index in [0.29, 0.717) is 10.6 Å². The van der Waals surface area contributed by atoms with E-state index in [1.807, 2.05) is 32.1 Å². The van der Waals surface area contributed by atoms with Crippen LogP contribution in [0.15, 0.2) is 35.9 Å². The van der Waals surface area contributed by atoms with Gasteiger partial charge in [-0.05, 0) is 41.5 Å². The minimum Gasteiger partial charge on any atom is -0.461 e. The highest BCUT2D eigenvalue weighted by atomic mass is 35.5. The molecule has 3 nitrogen and oxygen atoms in total. The molecule has 1 aromatic carbocycles. The fourth-order valence-electron chi connectivity index (χ4n) is 2.59. The quantitative estimate of drug-likeness (QED) is 0.472. The number of ether oxygens (including phenoxy) is 1. The normalized spacial score (nSPS) is 23.5. The molecule has 0 aromatic heterocycles. The number of rotatable bonds is 5. The topological polar surface area (TPSA) is 43.4 Å². The van der Waals surface area contributed by atoms with Crippen molar-refractivity contribution in [2.24, 2.45) is 17.3 Å². The van der Waals surface area contributed by atoms with Crippen molar-refractivity contribution in [2.45, 2.75) is 27.4 Å². The van der Waals surface area contributed by atoms with Crippen molar-refractivity contribution < 1.29 is 14.3 Å². The lowest BCUT2D eigenvalue weighted by molar-refractivity contribution is -0.147. The van der Waals surface area contributed by atoms with Gasteiger partial charge in [0.05, 0.1) is 5.92 Å². The number of carbonyl (C=O) groups excluding carboxylic acids is 2. The second-order valence-corrected chi connectivity index (χ2v) is 6.52. The third-order valence-electron chi connectivity index (χ3n) is 4.09. The molecule has 0 aliphatic heterocycles. The molecular formula is C17H19ClO3. The number of hydrogen-bond acceptors (Lipinski definition) is 3. The van der Waals surface area contributed by atoms with Crippen molar-refractivity contribution in [1.29, 1.82) is 0 Å². The molecule has 0 bridgehead atoms. The van der Waals surface area contributed by atoms with Crippen LogP contribution in [0, 0.1) is 17.3 Å². The highest BCUT2D eigenvalue weighted by molar-refractivity contribution is 6.30. The molecule has 0 heterocycles. The number of hydrogen-bond donors (Lipinski definition) is 0. The van der Waals surface area contributed by atoms with Gasteiger partial charge in [-0.2, -0.15) is 0 Å². The maximum atomic E-state index is 12.2. The van der Waals surface area contributed by atoms with Gasteiger partial charge in [0, 0.05) is 5.02 Å². The van der Waals surface area contributed by atoms with Crippen molar-refractivity contribution in [3.63, 3.8) is 0 Å². The van der Waals surface area contributed by atoms with Crippen molar-refractivity contribution in [3.8, 4) is 0 Å². The summed E-state index contributed by atoms with van der Waals surface area (Å²) < 4.78 is 5.37. The Morgan fingerprint density at radius 3 is 2.52 bits per heavy atom. The zero-order valence-corrected chi connectivity index (χ0v) is 13.2. The van der Waals surface area contributed by atoms with E-state index in [2.05, 4.69) is 0 Å². The second-order valence-electron chi connectivity index (χ2n) is 6.09. The van der Waals surface area contributed by atoms with Crippen LogP contribution in [-0.4, -0.2) is 12.3 Å². The van der Waals surface area contributed by atoms with E-state index in [1.165, 1.54) is 0 Å². The van der Waals surface area contributed by atoms with E-state index < -0.39 is 0 Å². The van der Waals surface area contributed by atoms with Gasteiger partial charge >= 0.3 is 5.97 Å². The van der Waals surface area contributed by atoms with Crippen LogP contribution in [0.25, 0.3) is 0 Å². The summed E-state index contributed by atoms with van der Waals surface area (Å²) >= 11 is 5.81. The molecule has 1 aromatic rings. The minimum absolute atomic E-state index is 0.0698. The molecule has 1 saturated carbocycles. The van der Waals surface area contributed by atoms with E-state index in [0.717, 1.165) is 11.8 Å². The molecule has 1 aliphatic carbocycles. The fourth-order valence-corrected chi connectivity index (χ4v) is 2.71. The number of esters is 1. The molecule has 0 radical (unpaired) electrons. The number of halogens is 1. The summed E-state index contributed by atoms with van der Waals surface area (Å²) in [5.41, 5.74) is 1.41. The van der Waals surface area contributed by atoms with Gasteiger partial charge in [-0.15, -0.1) is 0 Å². The summed E-state index contributed by atoms with van der Waals surface area (Å²) in [7, 11) is 0. The zero-order valence-electron chi connectivity index (χ0n) is 12.4. The van der Waals surface area contributed by atoms with Crippen LogP contribution in [0.5, 0.6) is 0 Å². The van der Waals surface area contributed by atoms with E-state index in [9.17, 15) is 9.59 Å². The highest BCUT2D eigenvalue weighted by Gasteiger charge is 2.61. The first-order valence-corrected chi connectivity index (χ1v) is 7.28. The van der Waals surface area contributed by atoms with Gasteiger partial charge in [0.2, 0.25) is 0 Å². The Hall–Kier alpha value is -1.61. The van der Waals surface area contributed by atoms with Crippen molar-refractivity contribution in [2.75, 3.05) is 0 Å². The Labute approximate surface area is 129 Å². The average molecular weight is 307 g/mol. The Kier molecular flexibility index (Phi) is 4.52. The van der Waals surface area contributed by atoms with Crippen LogP contribution in [0.4, 0.5) is 0 Å². The monoisotopic (exact) mass is 306 g/mol. The van der Waals surface area contributed by atoms with Crippen molar-refractivity contribution in [3.05, 3.63) is 46.5 Å². The molecule has 4 heteroatoms. The maximum Gasteiger partial charge on any atom is 0.310 e. The molecule has 112 valence electrons. The van der Waals surface area contributed by atoms with E-state index in [-0.39, 0.29) is 29.8 Å². The fraction of sp³-hybridized carbons (Fsp3) is 0.412. The minimum atomic E-state index is -0.213. The summed E-state index contributed by atoms with van der Waals surface area (Å²) in [4.78, 5) is 22.9. The third-order valence-corrected chi connectivity index (χ3v) is 4.34. The average Bonchev–Trinajstić information content (AvgIpc) is 2.98. The van der Waals surface area contributed by atoms with Crippen molar-refractivity contribution >= 4 is 23.9 Å². The first-order valence-electron chi connectivity index (χ1n) is 6.91. The lowest BCUT2D eigenvalue weighted by atomic mass is 10.1. The van der Waals surface area contributed by atoms with Gasteiger partial charge in [-0.3, -0.25) is 9.59 Å². The van der Waals surface area contributed by atoms with Crippen LogP contribution in [0.3, 0.4) is 0 Å². The highest BCUT2D eigenvalue weighted by Crippen LogP contribution is 2.59. The molecule has 1 aliphatic rings. The van der Waals surface area contributed by atoms with Crippen LogP contribution in [0.1, 0.15) is 26.3 Å². The Balaban J connectivity index is 1.95. The standard InChI is InChI=1S/C17H19ClO3/c1-11(9-19)8-14-15(17(14,2)3)16(20)21-10-12-4-6-13(18)7-5-12/h4-9,14-15H,10H2,1-3H3. The van der Waals surface area contributed by atoms with E-state index in [1.54, 1.807) is 19.1 Å². The van der Waals surface area contributed by atoms with Crippen LogP contribution in [-0.2, 0) is 20.9 Å². The summed E-state index contributed by atoms with van der Waals surface area (Å²) in [6, 6.07) is 7.21. The molecule has 0 spiro atoms. The van der Waals surface area contributed by atoms with Crippen LogP contribution < -0.4 is 0 Å². The third kappa shape index (κ3) is 3.53. The molecule has 0 N–H and O–H groups in total. The van der Waals surface area contributed by atoms with Crippen molar-refractivity contribution in [1.82, 2.24) is 0 Å². The summed E-state index contributed by atoms with van der Waals surface area (Å²) in [6.45, 7) is 6.02. The molecule has 0 saturated heterocycles. The largest absolute Gasteiger partial charge is 0.461 e. The number of benzene rings is 1. The molecule has 1 fully saturated rings. The Morgan fingerprint density at radius 2 is 1.95 bits per heavy atom. The molecule has 0 amide bonds. The lowest BCUT2D eigenvalue weighted by Crippen LogP contribution is -2.10. The predicted molar refractivity (Wildman–Crippen MR) is 81.8 cm³/mol. The van der Waals surface area contributed by atoms with E-state index in [4.69, 9.17) is 16.3 Å². The molecule has 2 atom stereocenters. The number of allylic oxidation sites excluding steroid dienone is 2. The van der Waals surface area contributed by atoms with E-state index >= 15 is 0 Å². The predicted octanol–water partition coefficient (Wildman–Crippen LogP) is 3.80. The number of carbonyl (C=O) groups is 2. The smallest absolute Gasteiger partial charge is 0.310 e. The summed E-state index contributed by atoms with van der Waals surface area (Å²) in [6.07, 6.45) is 2.67. The van der Waals surface area contributed by atoms with Gasteiger partial charge in [-0.1, -0.05) is 43.7 Å². The molecule has 2 unspecified atom stereocenters. The van der Waals surface area contributed by atoms with Crippen LogP contribution in [0.2, 0.25) is 5.02 Å². The molecule has 2 rings (SSSR count). The summed E-state index contributed by atoms with van der Waals surface area (Å²) in [5.74, 6) is -0.324. The van der Waals surface area contributed by atoms with Gasteiger partial charge in [-0.25, -0.2) is 0 Å². The van der Waals surface area contributed by atoms with Gasteiger partial charge in [0.25, 0.3) is 0 Å². The molecular weight excluding hydrogens is 288 g/mol. The molecule has 21 heavy (non-hydrogen) atoms. The van der Waals surface area contributed by atoms with Gasteiger partial charge in [0.1, 0.15) is 12.9 Å². The van der Waals surface area contributed by atoms with Crippen LogP contribution >= 0.6 is 11.6 Å². The Morgan fingerprint density at radius 1 is 1.33 bits per heavy atom. The maximum absolute atomic E-state index is 12.2.